The summed E-state index contributed by atoms with van der Waals surface area (Å²) in [6, 6.07) is 7.86. The molecule has 2 aromatic rings. The fraction of sp³-hybridized carbons (Fsp3) is 0.444. The molecule has 1 amide bonds. The molecule has 0 radical (unpaired) electrons. The van der Waals surface area contributed by atoms with Gasteiger partial charge in [-0.15, -0.1) is 11.3 Å². The molecule has 1 heterocycles. The van der Waals surface area contributed by atoms with Gasteiger partial charge >= 0.3 is 0 Å². The molecule has 0 saturated heterocycles. The molecule has 0 atom stereocenters. The monoisotopic (exact) mass is 347 g/mol. The number of ether oxygens (including phenoxy) is 1. The van der Waals surface area contributed by atoms with Crippen LogP contribution in [0.25, 0.3) is 11.3 Å². The first-order valence-electron chi connectivity index (χ1n) is 8.22. The Morgan fingerprint density at radius 1 is 1.33 bits per heavy atom. The number of nitrogens with one attached hydrogen (secondary N) is 1. The van der Waals surface area contributed by atoms with E-state index in [4.69, 9.17) is 4.74 Å². The summed E-state index contributed by atoms with van der Waals surface area (Å²) >= 11 is 1.44. The summed E-state index contributed by atoms with van der Waals surface area (Å²) in [5.41, 5.74) is 1.77. The number of rotatable bonds is 9. The molecule has 5 nitrogen and oxygen atoms in total. The van der Waals surface area contributed by atoms with Crippen molar-refractivity contribution in [1.29, 1.82) is 0 Å². The van der Waals surface area contributed by atoms with Crippen LogP contribution in [-0.2, 0) is 4.79 Å². The number of hydrogen-bond acceptors (Lipinski definition) is 5. The van der Waals surface area contributed by atoms with Gasteiger partial charge in [0, 0.05) is 23.9 Å². The van der Waals surface area contributed by atoms with Gasteiger partial charge in [0.05, 0.1) is 5.69 Å². The Labute approximate surface area is 147 Å². The molecule has 0 fully saturated rings. The van der Waals surface area contributed by atoms with Gasteiger partial charge < -0.3 is 15.0 Å². The SMILES string of the molecule is CCCCC(=O)Nc1nc(-c2ccccc2OCCN(C)C)cs1. The molecule has 1 N–H and O–H groups in total. The second kappa shape index (κ2) is 9.39. The molecule has 1 aromatic carbocycles. The second-order valence-corrected chi connectivity index (χ2v) is 6.70. The van der Waals surface area contributed by atoms with Crippen LogP contribution in [0.5, 0.6) is 5.75 Å². The predicted molar refractivity (Wildman–Crippen MR) is 99.8 cm³/mol. The van der Waals surface area contributed by atoms with E-state index in [1.54, 1.807) is 0 Å². The summed E-state index contributed by atoms with van der Waals surface area (Å²) in [5, 5.41) is 5.45. The minimum atomic E-state index is 0.0215. The Morgan fingerprint density at radius 3 is 2.88 bits per heavy atom. The lowest BCUT2D eigenvalue weighted by Crippen LogP contribution is -2.19. The fourth-order valence-corrected chi connectivity index (χ4v) is 2.84. The molecule has 6 heteroatoms. The number of para-hydroxylation sites is 1. The van der Waals surface area contributed by atoms with E-state index in [2.05, 4.69) is 22.1 Å². The highest BCUT2D eigenvalue weighted by atomic mass is 32.1. The minimum Gasteiger partial charge on any atom is -0.492 e. The van der Waals surface area contributed by atoms with Crippen LogP contribution >= 0.6 is 11.3 Å². The van der Waals surface area contributed by atoms with E-state index < -0.39 is 0 Å². The first-order chi connectivity index (χ1) is 11.6. The summed E-state index contributed by atoms with van der Waals surface area (Å²) in [6.07, 6.45) is 2.44. The molecule has 130 valence electrons. The number of thiazole rings is 1. The lowest BCUT2D eigenvalue weighted by molar-refractivity contribution is -0.116. The summed E-state index contributed by atoms with van der Waals surface area (Å²) < 4.78 is 5.88. The number of nitrogens with zero attached hydrogens (tertiary/aromatic N) is 2. The van der Waals surface area contributed by atoms with Crippen molar-refractivity contribution in [2.45, 2.75) is 26.2 Å². The van der Waals surface area contributed by atoms with E-state index in [0.29, 0.717) is 18.2 Å². The molecular weight excluding hydrogens is 322 g/mol. The zero-order valence-corrected chi connectivity index (χ0v) is 15.4. The van der Waals surface area contributed by atoms with Crippen LogP contribution in [0.4, 0.5) is 5.13 Å². The molecular formula is C18H25N3O2S. The van der Waals surface area contributed by atoms with E-state index in [1.165, 1.54) is 11.3 Å². The largest absolute Gasteiger partial charge is 0.492 e. The molecule has 0 bridgehead atoms. The third-order valence-electron chi connectivity index (χ3n) is 3.47. The Bertz CT molecular complexity index is 655. The highest BCUT2D eigenvalue weighted by molar-refractivity contribution is 7.14. The summed E-state index contributed by atoms with van der Waals surface area (Å²) in [6.45, 7) is 3.54. The number of unbranched alkanes of at least 4 members (excludes halogenated alkanes) is 1. The highest BCUT2D eigenvalue weighted by Gasteiger charge is 2.11. The zero-order valence-electron chi connectivity index (χ0n) is 14.5. The Hall–Kier alpha value is -1.92. The summed E-state index contributed by atoms with van der Waals surface area (Å²) in [5.74, 6) is 0.835. The number of carbonyl (C=O) groups excluding carboxylic acids is 1. The van der Waals surface area contributed by atoms with Crippen molar-refractivity contribution in [3.8, 4) is 17.0 Å². The summed E-state index contributed by atoms with van der Waals surface area (Å²) in [7, 11) is 4.03. The maximum atomic E-state index is 11.8. The molecule has 0 spiro atoms. The van der Waals surface area contributed by atoms with Crippen molar-refractivity contribution >= 4 is 22.4 Å². The average Bonchev–Trinajstić information content (AvgIpc) is 3.01. The normalized spacial score (nSPS) is 10.8. The lowest BCUT2D eigenvalue weighted by Gasteiger charge is -2.13. The number of aromatic nitrogens is 1. The van der Waals surface area contributed by atoms with Crippen molar-refractivity contribution in [3.05, 3.63) is 29.6 Å². The molecule has 0 aliphatic carbocycles. The molecule has 0 aliphatic rings. The lowest BCUT2D eigenvalue weighted by atomic mass is 10.1. The Balaban J connectivity index is 2.05. The second-order valence-electron chi connectivity index (χ2n) is 5.84. The van der Waals surface area contributed by atoms with Crippen LogP contribution in [0.1, 0.15) is 26.2 Å². The van der Waals surface area contributed by atoms with E-state index in [1.807, 2.05) is 43.7 Å². The third kappa shape index (κ3) is 5.62. The number of benzene rings is 1. The van der Waals surface area contributed by atoms with Crippen molar-refractivity contribution in [1.82, 2.24) is 9.88 Å². The predicted octanol–water partition coefficient (Wildman–Crippen LogP) is 3.88. The molecule has 2 rings (SSSR count). The first-order valence-corrected chi connectivity index (χ1v) is 9.10. The molecule has 0 aliphatic heterocycles. The van der Waals surface area contributed by atoms with Gasteiger partial charge in [-0.25, -0.2) is 4.98 Å². The van der Waals surface area contributed by atoms with Crippen LogP contribution in [-0.4, -0.2) is 43.0 Å². The quantitative estimate of drug-likeness (QED) is 0.748. The van der Waals surface area contributed by atoms with Gasteiger partial charge in [0.15, 0.2) is 5.13 Å². The van der Waals surface area contributed by atoms with Gasteiger partial charge in [-0.3, -0.25) is 4.79 Å². The Morgan fingerprint density at radius 2 is 2.12 bits per heavy atom. The zero-order chi connectivity index (χ0) is 17.4. The number of anilines is 1. The smallest absolute Gasteiger partial charge is 0.226 e. The first kappa shape index (κ1) is 18.4. The van der Waals surface area contributed by atoms with E-state index in [0.717, 1.165) is 36.4 Å². The topological polar surface area (TPSA) is 54.5 Å². The van der Waals surface area contributed by atoms with Gasteiger partial charge in [-0.1, -0.05) is 25.5 Å². The molecule has 0 saturated carbocycles. The van der Waals surface area contributed by atoms with Gasteiger partial charge in [-0.05, 0) is 32.6 Å². The van der Waals surface area contributed by atoms with Crippen LogP contribution in [0, 0.1) is 0 Å². The maximum Gasteiger partial charge on any atom is 0.226 e. The van der Waals surface area contributed by atoms with Gasteiger partial charge in [0.1, 0.15) is 12.4 Å². The van der Waals surface area contributed by atoms with E-state index in [-0.39, 0.29) is 5.91 Å². The van der Waals surface area contributed by atoms with Crippen LogP contribution < -0.4 is 10.1 Å². The average molecular weight is 347 g/mol. The third-order valence-corrected chi connectivity index (χ3v) is 4.22. The maximum absolute atomic E-state index is 11.8. The van der Waals surface area contributed by atoms with E-state index in [9.17, 15) is 4.79 Å². The number of likely N-dealkylation sites (N-methyl/N-ethyl adjacent to an activating group) is 1. The van der Waals surface area contributed by atoms with Crippen molar-refractivity contribution in [2.75, 3.05) is 32.6 Å². The van der Waals surface area contributed by atoms with Crippen molar-refractivity contribution in [2.24, 2.45) is 0 Å². The van der Waals surface area contributed by atoms with E-state index >= 15 is 0 Å². The standard InChI is InChI=1S/C18H25N3O2S/c1-4-5-10-17(22)20-18-19-15(13-24-18)14-8-6-7-9-16(14)23-12-11-21(2)3/h6-9,13H,4-5,10-12H2,1-3H3,(H,19,20,22). The van der Waals surface area contributed by atoms with Crippen LogP contribution in [0.15, 0.2) is 29.6 Å². The van der Waals surface area contributed by atoms with Crippen molar-refractivity contribution in [3.63, 3.8) is 0 Å². The van der Waals surface area contributed by atoms with Crippen LogP contribution in [0.2, 0.25) is 0 Å². The molecule has 0 unspecified atom stereocenters. The minimum absolute atomic E-state index is 0.0215. The van der Waals surface area contributed by atoms with Gasteiger partial charge in [-0.2, -0.15) is 0 Å². The van der Waals surface area contributed by atoms with Crippen LogP contribution in [0.3, 0.4) is 0 Å². The number of hydrogen-bond donors (Lipinski definition) is 1. The summed E-state index contributed by atoms with van der Waals surface area (Å²) in [4.78, 5) is 18.4. The van der Waals surface area contributed by atoms with Gasteiger partial charge in [0.2, 0.25) is 5.91 Å². The molecule has 1 aromatic heterocycles. The van der Waals surface area contributed by atoms with Crippen molar-refractivity contribution < 1.29 is 9.53 Å². The Kier molecular flexibility index (Phi) is 7.21. The number of carbonyl (C=O) groups is 1. The highest BCUT2D eigenvalue weighted by Crippen LogP contribution is 2.32. The number of amides is 1. The fourth-order valence-electron chi connectivity index (χ4n) is 2.12. The van der Waals surface area contributed by atoms with Gasteiger partial charge in [0.25, 0.3) is 0 Å². The molecule has 24 heavy (non-hydrogen) atoms.